The number of nitro groups is 2. The number of nitrogens with zero attached hydrogens (tertiary/aromatic N) is 3. The zero-order valence-corrected chi connectivity index (χ0v) is 14.8. The summed E-state index contributed by atoms with van der Waals surface area (Å²) in [6.07, 6.45) is 2.24. The van der Waals surface area contributed by atoms with Crippen molar-refractivity contribution in [2.75, 3.05) is 7.11 Å². The topological polar surface area (TPSA) is 134 Å². The quantitative estimate of drug-likeness (QED) is 0.437. The maximum atomic E-state index is 12.3. The molecule has 0 fully saturated rings. The van der Waals surface area contributed by atoms with Gasteiger partial charge in [-0.25, -0.2) is 4.79 Å². The first-order chi connectivity index (χ1) is 13.4. The zero-order valence-electron chi connectivity index (χ0n) is 14.8. The first-order valence-corrected chi connectivity index (χ1v) is 8.28. The van der Waals surface area contributed by atoms with Crippen LogP contribution in [-0.2, 0) is 11.3 Å². The molecule has 2 aromatic carbocycles. The van der Waals surface area contributed by atoms with E-state index in [1.807, 2.05) is 12.1 Å². The van der Waals surface area contributed by atoms with Crippen molar-refractivity contribution in [3.05, 3.63) is 73.3 Å². The van der Waals surface area contributed by atoms with Crippen LogP contribution in [0, 0.1) is 20.2 Å². The molecule has 0 N–H and O–H groups in total. The van der Waals surface area contributed by atoms with Crippen molar-refractivity contribution in [3.8, 4) is 5.75 Å². The molecule has 1 aliphatic carbocycles. The number of ether oxygens (including phenoxy) is 1. The second-order valence-corrected chi connectivity index (χ2v) is 6.05. The summed E-state index contributed by atoms with van der Waals surface area (Å²) in [5.74, 6) is -0.386. The molecule has 0 saturated heterocycles. The van der Waals surface area contributed by atoms with Crippen LogP contribution in [0.5, 0.6) is 5.75 Å². The van der Waals surface area contributed by atoms with Gasteiger partial charge >= 0.3 is 5.97 Å². The van der Waals surface area contributed by atoms with Crippen LogP contribution in [0.1, 0.15) is 34.3 Å². The second kappa shape index (κ2) is 7.82. The van der Waals surface area contributed by atoms with Crippen molar-refractivity contribution < 1.29 is 24.2 Å². The summed E-state index contributed by atoms with van der Waals surface area (Å²) in [7, 11) is 1.54. The maximum absolute atomic E-state index is 12.3. The van der Waals surface area contributed by atoms with E-state index in [0.717, 1.165) is 42.2 Å². The van der Waals surface area contributed by atoms with E-state index in [2.05, 4.69) is 5.16 Å². The Balaban J connectivity index is 1.89. The van der Waals surface area contributed by atoms with E-state index in [1.165, 1.54) is 7.11 Å². The lowest BCUT2D eigenvalue weighted by molar-refractivity contribution is -0.394. The summed E-state index contributed by atoms with van der Waals surface area (Å²) >= 11 is 0. The number of hydrogen-bond acceptors (Lipinski definition) is 8. The number of carbonyl (C=O) groups is 1. The highest BCUT2D eigenvalue weighted by molar-refractivity contribution is 6.03. The number of non-ortho nitro benzene ring substituents is 2. The summed E-state index contributed by atoms with van der Waals surface area (Å²) in [6, 6.07) is 8.12. The zero-order chi connectivity index (χ0) is 20.3. The minimum absolute atomic E-state index is 0.327. The molecule has 0 aliphatic heterocycles. The minimum Gasteiger partial charge on any atom is -0.497 e. The fraction of sp³-hybridized carbons (Fsp3) is 0.222. The fourth-order valence-electron chi connectivity index (χ4n) is 2.92. The third-order valence-corrected chi connectivity index (χ3v) is 4.29. The minimum atomic E-state index is -1.02. The number of methoxy groups -OCH3 is 1. The van der Waals surface area contributed by atoms with Crippen molar-refractivity contribution in [1.82, 2.24) is 0 Å². The molecule has 0 saturated carbocycles. The Morgan fingerprint density at radius 2 is 1.71 bits per heavy atom. The molecule has 0 spiro atoms. The number of benzene rings is 2. The fourth-order valence-corrected chi connectivity index (χ4v) is 2.92. The summed E-state index contributed by atoms with van der Waals surface area (Å²) in [4.78, 5) is 37.5. The Kier molecular flexibility index (Phi) is 5.30. The number of hydrogen-bond donors (Lipinski definition) is 0. The molecular formula is C18H15N3O7. The smallest absolute Gasteiger partial charge is 0.366 e. The molecule has 2 aromatic rings. The third-order valence-electron chi connectivity index (χ3n) is 4.29. The average molecular weight is 385 g/mol. The van der Waals surface area contributed by atoms with Gasteiger partial charge in [0.1, 0.15) is 5.75 Å². The van der Waals surface area contributed by atoms with E-state index in [1.54, 1.807) is 6.07 Å². The monoisotopic (exact) mass is 385 g/mol. The molecule has 0 atom stereocenters. The SMILES string of the molecule is COc1ccc2c(c1)C(=NOC(=O)c1cc([N+](=O)[O-])cc([N+](=O)[O-])c1)CCC2. The van der Waals surface area contributed by atoms with E-state index in [4.69, 9.17) is 9.57 Å². The second-order valence-electron chi connectivity index (χ2n) is 6.05. The predicted molar refractivity (Wildman–Crippen MR) is 97.6 cm³/mol. The lowest BCUT2D eigenvalue weighted by Gasteiger charge is -2.18. The van der Waals surface area contributed by atoms with Crippen LogP contribution >= 0.6 is 0 Å². The highest BCUT2D eigenvalue weighted by Crippen LogP contribution is 2.27. The molecule has 0 heterocycles. The number of fused-ring (bicyclic) bond motifs is 1. The highest BCUT2D eigenvalue weighted by Gasteiger charge is 2.22. The molecule has 0 radical (unpaired) electrons. The van der Waals surface area contributed by atoms with Gasteiger partial charge < -0.3 is 9.57 Å². The molecular weight excluding hydrogens is 370 g/mol. The number of rotatable bonds is 5. The lowest BCUT2D eigenvalue weighted by Crippen LogP contribution is -2.14. The normalized spacial score (nSPS) is 14.2. The van der Waals surface area contributed by atoms with Crippen molar-refractivity contribution in [2.24, 2.45) is 5.16 Å². The number of oxime groups is 1. The van der Waals surface area contributed by atoms with Gasteiger partial charge in [0, 0.05) is 17.7 Å². The Morgan fingerprint density at radius 3 is 2.32 bits per heavy atom. The summed E-state index contributed by atoms with van der Waals surface area (Å²) in [6.45, 7) is 0. The van der Waals surface area contributed by atoms with Gasteiger partial charge in [-0.1, -0.05) is 11.2 Å². The molecule has 10 heteroatoms. The van der Waals surface area contributed by atoms with Crippen LogP contribution in [-0.4, -0.2) is 28.6 Å². The Morgan fingerprint density at radius 1 is 1.04 bits per heavy atom. The molecule has 10 nitrogen and oxygen atoms in total. The largest absolute Gasteiger partial charge is 0.497 e. The first kappa shape index (κ1) is 19.0. The molecule has 0 bridgehead atoms. The molecule has 1 aliphatic rings. The third kappa shape index (κ3) is 3.95. The van der Waals surface area contributed by atoms with Gasteiger partial charge in [-0.05, 0) is 37.0 Å². The Hall–Kier alpha value is -3.82. The van der Waals surface area contributed by atoms with Gasteiger partial charge in [0.05, 0.1) is 34.3 Å². The predicted octanol–water partition coefficient (Wildman–Crippen LogP) is 3.41. The van der Waals surface area contributed by atoms with E-state index >= 15 is 0 Å². The van der Waals surface area contributed by atoms with Crippen LogP contribution in [0.25, 0.3) is 0 Å². The van der Waals surface area contributed by atoms with Crippen LogP contribution in [0.15, 0.2) is 41.6 Å². The summed E-state index contributed by atoms with van der Waals surface area (Å²) in [5.41, 5.74) is 0.875. The van der Waals surface area contributed by atoms with E-state index in [9.17, 15) is 25.0 Å². The summed E-state index contributed by atoms with van der Waals surface area (Å²) in [5, 5.41) is 25.8. The number of aryl methyl sites for hydroxylation is 1. The molecule has 0 unspecified atom stereocenters. The van der Waals surface area contributed by atoms with Gasteiger partial charge in [0.25, 0.3) is 11.4 Å². The maximum Gasteiger partial charge on any atom is 0.366 e. The first-order valence-electron chi connectivity index (χ1n) is 8.28. The van der Waals surface area contributed by atoms with Crippen molar-refractivity contribution >= 4 is 23.1 Å². The molecule has 0 aromatic heterocycles. The van der Waals surface area contributed by atoms with Crippen molar-refractivity contribution in [2.45, 2.75) is 19.3 Å². The standard InChI is InChI=1S/C18H15N3O7/c1-27-15-6-5-11-3-2-4-17(16(11)10-15)19-28-18(22)12-7-13(20(23)24)9-14(8-12)21(25)26/h5-10H,2-4H2,1H3. The van der Waals surface area contributed by atoms with Crippen LogP contribution < -0.4 is 4.74 Å². The molecule has 144 valence electrons. The van der Waals surface area contributed by atoms with Gasteiger partial charge in [-0.15, -0.1) is 0 Å². The van der Waals surface area contributed by atoms with E-state index in [-0.39, 0.29) is 5.56 Å². The van der Waals surface area contributed by atoms with E-state index in [0.29, 0.717) is 17.9 Å². The van der Waals surface area contributed by atoms with Gasteiger partial charge in [0.15, 0.2) is 0 Å². The van der Waals surface area contributed by atoms with Crippen LogP contribution in [0.4, 0.5) is 11.4 Å². The van der Waals surface area contributed by atoms with Gasteiger partial charge in [-0.2, -0.15) is 0 Å². The van der Waals surface area contributed by atoms with Crippen LogP contribution in [0.3, 0.4) is 0 Å². The highest BCUT2D eigenvalue weighted by atomic mass is 16.7. The number of nitro benzene ring substituents is 2. The molecule has 3 rings (SSSR count). The van der Waals surface area contributed by atoms with E-state index < -0.39 is 27.2 Å². The Labute approximate surface area is 158 Å². The van der Waals surface area contributed by atoms with Crippen molar-refractivity contribution in [1.29, 1.82) is 0 Å². The lowest BCUT2D eigenvalue weighted by atomic mass is 9.90. The summed E-state index contributed by atoms with van der Waals surface area (Å²) < 4.78 is 5.20. The molecule has 0 amide bonds. The molecule has 28 heavy (non-hydrogen) atoms. The van der Waals surface area contributed by atoms with Gasteiger partial charge in [-0.3, -0.25) is 20.2 Å². The number of carbonyl (C=O) groups excluding carboxylic acids is 1. The van der Waals surface area contributed by atoms with Crippen LogP contribution in [0.2, 0.25) is 0 Å². The average Bonchev–Trinajstić information content (AvgIpc) is 2.70. The van der Waals surface area contributed by atoms with Gasteiger partial charge in [0.2, 0.25) is 0 Å². The van der Waals surface area contributed by atoms with Crippen molar-refractivity contribution in [3.63, 3.8) is 0 Å². The Bertz CT molecular complexity index is 968.